The molecule has 0 aliphatic carbocycles. The summed E-state index contributed by atoms with van der Waals surface area (Å²) in [7, 11) is 0. The van der Waals surface area contributed by atoms with E-state index < -0.39 is 0 Å². The maximum absolute atomic E-state index is 12.5. The summed E-state index contributed by atoms with van der Waals surface area (Å²) in [5, 5.41) is 4.07. The van der Waals surface area contributed by atoms with Crippen LogP contribution < -0.4 is 15.1 Å². The van der Waals surface area contributed by atoms with E-state index >= 15 is 0 Å². The molecule has 29 heavy (non-hydrogen) atoms. The van der Waals surface area contributed by atoms with Crippen molar-refractivity contribution in [1.82, 2.24) is 5.43 Å². The predicted octanol–water partition coefficient (Wildman–Crippen LogP) is 4.37. The molecular weight excluding hydrogens is 362 g/mol. The quantitative estimate of drug-likeness (QED) is 0.506. The summed E-state index contributed by atoms with van der Waals surface area (Å²) in [6.45, 7) is 4.24. The average Bonchev–Trinajstić information content (AvgIpc) is 3.19. The Morgan fingerprint density at radius 1 is 1.03 bits per heavy atom. The van der Waals surface area contributed by atoms with Crippen LogP contribution in [-0.4, -0.2) is 18.7 Å². The number of nitrogens with zero attached hydrogens (tertiary/aromatic N) is 2. The van der Waals surface area contributed by atoms with Gasteiger partial charge in [0.2, 0.25) is 0 Å². The van der Waals surface area contributed by atoms with Gasteiger partial charge in [0.15, 0.2) is 0 Å². The summed E-state index contributed by atoms with van der Waals surface area (Å²) < 4.78 is 5.42. The molecule has 1 N–H and O–H groups in total. The van der Waals surface area contributed by atoms with Crippen LogP contribution in [-0.2, 0) is 13.1 Å². The molecule has 0 atom stereocenters. The Morgan fingerprint density at radius 2 is 1.79 bits per heavy atom. The fourth-order valence-electron chi connectivity index (χ4n) is 3.40. The smallest absolute Gasteiger partial charge is 0.271 e. The number of para-hydroxylation sites is 1. The van der Waals surface area contributed by atoms with Gasteiger partial charge in [0.05, 0.1) is 12.8 Å². The lowest BCUT2D eigenvalue weighted by Crippen LogP contribution is -2.17. The van der Waals surface area contributed by atoms with Gasteiger partial charge in [-0.2, -0.15) is 5.10 Å². The molecule has 5 heteroatoms. The highest BCUT2D eigenvalue weighted by Gasteiger charge is 2.20. The molecule has 0 bridgehead atoms. The number of ether oxygens (including phenoxy) is 1. The van der Waals surface area contributed by atoms with Crippen LogP contribution in [0.25, 0.3) is 0 Å². The summed E-state index contributed by atoms with van der Waals surface area (Å²) in [6.07, 6.45) is 1.62. The number of carbonyl (C=O) groups excluding carboxylic acids is 1. The van der Waals surface area contributed by atoms with Crippen molar-refractivity contribution in [2.24, 2.45) is 5.10 Å². The molecule has 0 unspecified atom stereocenters. The van der Waals surface area contributed by atoms with Crippen molar-refractivity contribution in [3.8, 4) is 5.75 Å². The molecule has 3 aromatic carbocycles. The van der Waals surface area contributed by atoms with E-state index in [4.69, 9.17) is 4.74 Å². The highest BCUT2D eigenvalue weighted by Crippen LogP contribution is 2.28. The van der Waals surface area contributed by atoms with Crippen LogP contribution in [0.1, 0.15) is 34.0 Å². The standard InChI is InChI=1S/C24H23N3O2/c1-2-29-23-12-8-18(9-13-23)15-25-26-24(28)19-10-11-20-16-27(17-21(20)14-19)22-6-4-3-5-7-22/h3-15H,2,16-17H2,1H3,(H,26,28)/b25-15+. The number of hydrazone groups is 1. The first-order valence-corrected chi connectivity index (χ1v) is 9.71. The summed E-state index contributed by atoms with van der Waals surface area (Å²) in [5.74, 6) is 0.601. The molecule has 0 saturated heterocycles. The molecule has 1 amide bonds. The van der Waals surface area contributed by atoms with Crippen LogP contribution in [0, 0.1) is 0 Å². The average molecular weight is 385 g/mol. The second-order valence-corrected chi connectivity index (χ2v) is 6.88. The topological polar surface area (TPSA) is 53.9 Å². The van der Waals surface area contributed by atoms with Crippen LogP contribution in [0.4, 0.5) is 5.69 Å². The van der Waals surface area contributed by atoms with E-state index in [-0.39, 0.29) is 5.91 Å². The van der Waals surface area contributed by atoms with E-state index in [1.165, 1.54) is 16.8 Å². The van der Waals surface area contributed by atoms with Gasteiger partial charge in [-0.05, 0) is 72.1 Å². The Balaban J connectivity index is 1.38. The maximum atomic E-state index is 12.5. The van der Waals surface area contributed by atoms with Crippen molar-refractivity contribution in [2.75, 3.05) is 11.5 Å². The molecule has 0 fully saturated rings. The summed E-state index contributed by atoms with van der Waals surface area (Å²) in [4.78, 5) is 14.8. The zero-order valence-electron chi connectivity index (χ0n) is 16.3. The van der Waals surface area contributed by atoms with Crippen LogP contribution in [0.3, 0.4) is 0 Å². The van der Waals surface area contributed by atoms with Crippen LogP contribution in [0.2, 0.25) is 0 Å². The Labute approximate surface area is 170 Å². The lowest BCUT2D eigenvalue weighted by Gasteiger charge is -2.17. The SMILES string of the molecule is CCOc1ccc(/C=N/NC(=O)c2ccc3c(c2)CN(c2ccccc2)C3)cc1. The Kier molecular flexibility index (Phi) is 5.56. The largest absolute Gasteiger partial charge is 0.494 e. The molecule has 146 valence electrons. The number of amides is 1. The van der Waals surface area contributed by atoms with E-state index in [0.29, 0.717) is 12.2 Å². The molecule has 3 aromatic rings. The van der Waals surface area contributed by atoms with Crippen molar-refractivity contribution in [2.45, 2.75) is 20.0 Å². The Bertz CT molecular complexity index is 1010. The molecule has 0 aromatic heterocycles. The van der Waals surface area contributed by atoms with Gasteiger partial charge in [-0.15, -0.1) is 0 Å². The van der Waals surface area contributed by atoms with Crippen LogP contribution in [0.15, 0.2) is 77.9 Å². The van der Waals surface area contributed by atoms with Gasteiger partial charge in [-0.25, -0.2) is 5.43 Å². The number of hydrogen-bond donors (Lipinski definition) is 1. The molecule has 1 aliphatic rings. The summed E-state index contributed by atoms with van der Waals surface area (Å²) in [5.41, 5.74) is 7.73. The highest BCUT2D eigenvalue weighted by atomic mass is 16.5. The molecule has 1 heterocycles. The number of carbonyl (C=O) groups is 1. The first kappa shape index (κ1) is 18.7. The molecular formula is C24H23N3O2. The zero-order valence-corrected chi connectivity index (χ0v) is 16.3. The first-order chi connectivity index (χ1) is 14.2. The summed E-state index contributed by atoms with van der Waals surface area (Å²) >= 11 is 0. The minimum Gasteiger partial charge on any atom is -0.494 e. The van der Waals surface area contributed by atoms with Crippen molar-refractivity contribution in [1.29, 1.82) is 0 Å². The zero-order chi connectivity index (χ0) is 20.1. The monoisotopic (exact) mass is 385 g/mol. The highest BCUT2D eigenvalue weighted by molar-refractivity contribution is 5.95. The van der Waals surface area contributed by atoms with Gasteiger partial charge < -0.3 is 9.64 Å². The third-order valence-electron chi connectivity index (χ3n) is 4.88. The Hall–Kier alpha value is -3.60. The molecule has 4 rings (SSSR count). The van der Waals surface area contributed by atoms with Crippen LogP contribution in [0.5, 0.6) is 5.75 Å². The minimum atomic E-state index is -0.215. The van der Waals surface area contributed by atoms with E-state index in [0.717, 1.165) is 24.4 Å². The fraction of sp³-hybridized carbons (Fsp3) is 0.167. The minimum absolute atomic E-state index is 0.215. The van der Waals surface area contributed by atoms with Gasteiger partial charge in [-0.1, -0.05) is 24.3 Å². The van der Waals surface area contributed by atoms with Gasteiger partial charge in [0.25, 0.3) is 5.91 Å². The number of fused-ring (bicyclic) bond motifs is 1. The summed E-state index contributed by atoms with van der Waals surface area (Å²) in [6, 6.07) is 23.7. The predicted molar refractivity (Wildman–Crippen MR) is 115 cm³/mol. The fourth-order valence-corrected chi connectivity index (χ4v) is 3.40. The van der Waals surface area contributed by atoms with Gasteiger partial charge in [0, 0.05) is 24.3 Å². The molecule has 0 saturated carbocycles. The lowest BCUT2D eigenvalue weighted by atomic mass is 10.1. The first-order valence-electron chi connectivity index (χ1n) is 9.71. The lowest BCUT2D eigenvalue weighted by molar-refractivity contribution is 0.0955. The van der Waals surface area contributed by atoms with E-state index in [1.807, 2.05) is 67.6 Å². The molecule has 0 spiro atoms. The molecule has 0 radical (unpaired) electrons. The second-order valence-electron chi connectivity index (χ2n) is 6.88. The van der Waals surface area contributed by atoms with Gasteiger partial charge in [-0.3, -0.25) is 4.79 Å². The number of anilines is 1. The van der Waals surface area contributed by atoms with Crippen molar-refractivity contribution < 1.29 is 9.53 Å². The van der Waals surface area contributed by atoms with E-state index in [9.17, 15) is 4.79 Å². The van der Waals surface area contributed by atoms with Gasteiger partial charge in [0.1, 0.15) is 5.75 Å². The van der Waals surface area contributed by atoms with Crippen molar-refractivity contribution in [3.05, 3.63) is 95.1 Å². The number of rotatable bonds is 6. The maximum Gasteiger partial charge on any atom is 0.271 e. The second kappa shape index (κ2) is 8.61. The van der Waals surface area contributed by atoms with Crippen molar-refractivity contribution >= 4 is 17.8 Å². The van der Waals surface area contributed by atoms with E-state index in [2.05, 4.69) is 27.6 Å². The van der Waals surface area contributed by atoms with E-state index in [1.54, 1.807) is 6.21 Å². The van der Waals surface area contributed by atoms with Crippen molar-refractivity contribution in [3.63, 3.8) is 0 Å². The number of hydrogen-bond acceptors (Lipinski definition) is 4. The third-order valence-corrected chi connectivity index (χ3v) is 4.88. The Morgan fingerprint density at radius 3 is 2.55 bits per heavy atom. The molecule has 5 nitrogen and oxygen atoms in total. The third kappa shape index (κ3) is 4.46. The normalized spacial score (nSPS) is 12.8. The van der Waals surface area contributed by atoms with Gasteiger partial charge >= 0.3 is 0 Å². The number of nitrogens with one attached hydrogen (secondary N) is 1. The molecule has 1 aliphatic heterocycles. The number of benzene rings is 3. The van der Waals surface area contributed by atoms with Crippen LogP contribution >= 0.6 is 0 Å².